The molecule has 1 fully saturated rings. The standard InChI is InChI=1S/C19H18FN7O/c1-12-9-16(27-19(23-12)21-11-22-27)26-8-2-3-14(10-26)18-24-17(25-28-18)13-4-6-15(20)7-5-13/h4-7,9,11,14H,2-3,8,10H2,1H3. The maximum atomic E-state index is 13.1. The summed E-state index contributed by atoms with van der Waals surface area (Å²) in [6.07, 6.45) is 3.47. The Morgan fingerprint density at radius 3 is 2.89 bits per heavy atom. The highest BCUT2D eigenvalue weighted by atomic mass is 19.1. The molecule has 1 aliphatic heterocycles. The molecule has 142 valence electrons. The number of halogens is 1. The Kier molecular flexibility index (Phi) is 4.00. The van der Waals surface area contributed by atoms with Crippen LogP contribution in [0.1, 0.15) is 30.3 Å². The summed E-state index contributed by atoms with van der Waals surface area (Å²) in [5.74, 6) is 2.46. The molecule has 0 saturated carbocycles. The number of anilines is 1. The zero-order valence-corrected chi connectivity index (χ0v) is 15.3. The van der Waals surface area contributed by atoms with E-state index in [2.05, 4.69) is 30.1 Å². The van der Waals surface area contributed by atoms with E-state index in [1.54, 1.807) is 16.6 Å². The maximum absolute atomic E-state index is 13.1. The first kappa shape index (κ1) is 16.8. The minimum absolute atomic E-state index is 0.113. The van der Waals surface area contributed by atoms with Crippen molar-refractivity contribution in [3.8, 4) is 11.4 Å². The lowest BCUT2D eigenvalue weighted by molar-refractivity contribution is 0.333. The molecule has 1 unspecified atom stereocenters. The number of benzene rings is 1. The van der Waals surface area contributed by atoms with Crippen LogP contribution in [0.5, 0.6) is 0 Å². The van der Waals surface area contributed by atoms with Crippen molar-refractivity contribution in [1.82, 2.24) is 29.7 Å². The molecule has 4 aromatic rings. The molecule has 5 rings (SSSR count). The third-order valence-electron chi connectivity index (χ3n) is 5.00. The van der Waals surface area contributed by atoms with E-state index in [-0.39, 0.29) is 11.7 Å². The minimum atomic E-state index is -0.289. The Labute approximate surface area is 160 Å². The van der Waals surface area contributed by atoms with E-state index >= 15 is 0 Å². The fourth-order valence-corrected chi connectivity index (χ4v) is 3.64. The maximum Gasteiger partial charge on any atom is 0.254 e. The smallest absolute Gasteiger partial charge is 0.254 e. The molecule has 28 heavy (non-hydrogen) atoms. The predicted molar refractivity (Wildman–Crippen MR) is 99.4 cm³/mol. The van der Waals surface area contributed by atoms with Crippen molar-refractivity contribution < 1.29 is 8.91 Å². The molecule has 0 bridgehead atoms. The average molecular weight is 379 g/mol. The van der Waals surface area contributed by atoms with E-state index in [0.29, 0.717) is 17.5 Å². The fraction of sp³-hybridized carbons (Fsp3) is 0.316. The van der Waals surface area contributed by atoms with E-state index in [1.807, 2.05) is 13.0 Å². The van der Waals surface area contributed by atoms with Crippen molar-refractivity contribution in [3.05, 3.63) is 54.1 Å². The summed E-state index contributed by atoms with van der Waals surface area (Å²) in [5, 5.41) is 8.38. The highest BCUT2D eigenvalue weighted by Crippen LogP contribution is 2.30. The Morgan fingerprint density at radius 1 is 1.18 bits per heavy atom. The number of hydrogen-bond acceptors (Lipinski definition) is 7. The van der Waals surface area contributed by atoms with Crippen LogP contribution < -0.4 is 4.90 Å². The molecule has 0 spiro atoms. The molecular formula is C19H18FN7O. The summed E-state index contributed by atoms with van der Waals surface area (Å²) in [7, 11) is 0. The molecule has 3 aromatic heterocycles. The largest absolute Gasteiger partial charge is 0.356 e. The highest BCUT2D eigenvalue weighted by Gasteiger charge is 2.28. The van der Waals surface area contributed by atoms with Crippen molar-refractivity contribution in [3.63, 3.8) is 0 Å². The topological polar surface area (TPSA) is 85.2 Å². The number of hydrogen-bond donors (Lipinski definition) is 0. The molecule has 0 amide bonds. The summed E-state index contributed by atoms with van der Waals surface area (Å²) < 4.78 is 20.4. The Hall–Kier alpha value is -3.36. The first-order valence-electron chi connectivity index (χ1n) is 9.19. The summed E-state index contributed by atoms with van der Waals surface area (Å²) in [6, 6.07) is 8.10. The number of aromatic nitrogens is 6. The fourth-order valence-electron chi connectivity index (χ4n) is 3.64. The first-order chi connectivity index (χ1) is 13.7. The van der Waals surface area contributed by atoms with Crippen LogP contribution in [0.4, 0.5) is 10.2 Å². The van der Waals surface area contributed by atoms with E-state index in [9.17, 15) is 4.39 Å². The van der Waals surface area contributed by atoms with E-state index < -0.39 is 0 Å². The molecule has 1 atom stereocenters. The van der Waals surface area contributed by atoms with E-state index in [1.165, 1.54) is 18.5 Å². The lowest BCUT2D eigenvalue weighted by Gasteiger charge is -2.32. The molecule has 1 aromatic carbocycles. The zero-order chi connectivity index (χ0) is 19.1. The van der Waals surface area contributed by atoms with Crippen LogP contribution >= 0.6 is 0 Å². The van der Waals surface area contributed by atoms with Gasteiger partial charge in [-0.3, -0.25) is 0 Å². The molecule has 1 aliphatic rings. The Bertz CT molecular complexity index is 1120. The Morgan fingerprint density at radius 2 is 2.04 bits per heavy atom. The van der Waals surface area contributed by atoms with Crippen molar-refractivity contribution in [2.45, 2.75) is 25.7 Å². The molecule has 0 radical (unpaired) electrons. The van der Waals surface area contributed by atoms with Crippen molar-refractivity contribution in [2.24, 2.45) is 0 Å². The summed E-state index contributed by atoms with van der Waals surface area (Å²) in [5.41, 5.74) is 1.63. The second kappa shape index (κ2) is 6.66. The second-order valence-electron chi connectivity index (χ2n) is 6.98. The van der Waals surface area contributed by atoms with Gasteiger partial charge >= 0.3 is 0 Å². The van der Waals surface area contributed by atoms with Crippen LogP contribution in [0.25, 0.3) is 17.2 Å². The van der Waals surface area contributed by atoms with Crippen LogP contribution in [-0.4, -0.2) is 42.8 Å². The lowest BCUT2D eigenvalue weighted by Crippen LogP contribution is -2.36. The van der Waals surface area contributed by atoms with Crippen molar-refractivity contribution in [2.75, 3.05) is 18.0 Å². The van der Waals surface area contributed by atoms with Crippen LogP contribution in [0.2, 0.25) is 0 Å². The normalized spacial score (nSPS) is 17.4. The van der Waals surface area contributed by atoms with Gasteiger partial charge in [0.15, 0.2) is 0 Å². The van der Waals surface area contributed by atoms with Gasteiger partial charge in [0.25, 0.3) is 5.78 Å². The second-order valence-corrected chi connectivity index (χ2v) is 6.98. The third kappa shape index (κ3) is 2.98. The Balaban J connectivity index is 1.41. The number of nitrogens with zero attached hydrogens (tertiary/aromatic N) is 7. The van der Waals surface area contributed by atoms with Crippen LogP contribution in [0.3, 0.4) is 0 Å². The number of rotatable bonds is 3. The molecule has 0 aliphatic carbocycles. The molecule has 4 heterocycles. The monoisotopic (exact) mass is 379 g/mol. The summed E-state index contributed by atoms with van der Waals surface area (Å²) >= 11 is 0. The van der Waals surface area contributed by atoms with Gasteiger partial charge in [-0.05, 0) is 44.0 Å². The number of fused-ring (bicyclic) bond motifs is 1. The van der Waals surface area contributed by atoms with Gasteiger partial charge in [-0.15, -0.1) is 0 Å². The minimum Gasteiger partial charge on any atom is -0.356 e. The molecular weight excluding hydrogens is 361 g/mol. The summed E-state index contributed by atoms with van der Waals surface area (Å²) in [6.45, 7) is 3.60. The zero-order valence-electron chi connectivity index (χ0n) is 15.3. The highest BCUT2D eigenvalue weighted by molar-refractivity contribution is 5.54. The van der Waals surface area contributed by atoms with Crippen molar-refractivity contribution in [1.29, 1.82) is 0 Å². The van der Waals surface area contributed by atoms with Gasteiger partial charge in [-0.1, -0.05) is 5.16 Å². The number of aryl methyl sites for hydroxylation is 1. The van der Waals surface area contributed by atoms with Crippen LogP contribution in [-0.2, 0) is 0 Å². The lowest BCUT2D eigenvalue weighted by atomic mass is 9.98. The van der Waals surface area contributed by atoms with Crippen molar-refractivity contribution >= 4 is 11.6 Å². The quantitative estimate of drug-likeness (QED) is 0.541. The predicted octanol–water partition coefficient (Wildman–Crippen LogP) is 3.01. The van der Waals surface area contributed by atoms with E-state index in [4.69, 9.17) is 4.52 Å². The van der Waals surface area contributed by atoms with Gasteiger partial charge in [0.1, 0.15) is 18.0 Å². The van der Waals surface area contributed by atoms with Crippen LogP contribution in [0.15, 0.2) is 41.2 Å². The van der Waals surface area contributed by atoms with Gasteiger partial charge in [0, 0.05) is 30.4 Å². The van der Waals surface area contributed by atoms with Gasteiger partial charge in [0.05, 0.1) is 5.92 Å². The van der Waals surface area contributed by atoms with Gasteiger partial charge < -0.3 is 9.42 Å². The van der Waals surface area contributed by atoms with Gasteiger partial charge in [0.2, 0.25) is 11.7 Å². The average Bonchev–Trinajstić information content (AvgIpc) is 3.37. The van der Waals surface area contributed by atoms with E-state index in [0.717, 1.165) is 43.0 Å². The SMILES string of the molecule is Cc1cc(N2CCCC(c3nc(-c4ccc(F)cc4)no3)C2)n2ncnc2n1. The third-order valence-corrected chi connectivity index (χ3v) is 5.00. The van der Waals surface area contributed by atoms with Gasteiger partial charge in [-0.25, -0.2) is 9.37 Å². The summed E-state index contributed by atoms with van der Waals surface area (Å²) in [4.78, 5) is 15.4. The van der Waals surface area contributed by atoms with Crippen LogP contribution in [0, 0.1) is 12.7 Å². The molecule has 8 nitrogen and oxygen atoms in total. The molecule has 9 heteroatoms. The first-order valence-corrected chi connectivity index (χ1v) is 9.19. The number of piperidine rings is 1. The van der Waals surface area contributed by atoms with Gasteiger partial charge in [-0.2, -0.15) is 19.6 Å². The molecule has 0 N–H and O–H groups in total. The molecule has 1 saturated heterocycles.